The number of carbonyl (C=O) groups is 1. The monoisotopic (exact) mass is 325 g/mol. The molecule has 0 saturated heterocycles. The minimum Gasteiger partial charge on any atom is -0.319 e. The molecule has 4 N–H and O–H groups in total. The Morgan fingerprint density at radius 3 is 2.89 bits per heavy atom. The van der Waals surface area contributed by atoms with Crippen LogP contribution in [-0.4, -0.2) is 15.9 Å². The third-order valence-corrected chi connectivity index (χ3v) is 2.69. The van der Waals surface area contributed by atoms with Crippen molar-refractivity contribution >= 4 is 33.3 Å². The molecule has 6 nitrogen and oxygen atoms in total. The van der Waals surface area contributed by atoms with Gasteiger partial charge in [0.15, 0.2) is 11.6 Å². The van der Waals surface area contributed by atoms with Gasteiger partial charge in [-0.25, -0.2) is 15.2 Å². The third kappa shape index (κ3) is 3.04. The Balaban J connectivity index is 2.30. The third-order valence-electron chi connectivity index (χ3n) is 2.26. The minimum absolute atomic E-state index is 0.0305. The fourth-order valence-corrected chi connectivity index (χ4v) is 1.72. The summed E-state index contributed by atoms with van der Waals surface area (Å²) in [6.45, 7) is 0. The number of aromatic nitrogens is 2. The highest BCUT2D eigenvalue weighted by molar-refractivity contribution is 9.10. The van der Waals surface area contributed by atoms with Gasteiger partial charge in [-0.15, -0.1) is 0 Å². The Labute approximate surface area is 116 Å². The van der Waals surface area contributed by atoms with Crippen molar-refractivity contribution < 1.29 is 9.18 Å². The molecule has 0 aliphatic carbocycles. The van der Waals surface area contributed by atoms with Crippen molar-refractivity contribution in [3.8, 4) is 0 Å². The smallest absolute Gasteiger partial charge is 0.259 e. The molecule has 0 aliphatic rings. The number of nitrogen functional groups attached to an aromatic ring is 1. The number of anilines is 2. The highest BCUT2D eigenvalue weighted by atomic mass is 79.9. The van der Waals surface area contributed by atoms with Gasteiger partial charge in [0.1, 0.15) is 0 Å². The second-order valence-corrected chi connectivity index (χ2v) is 4.42. The first kappa shape index (κ1) is 13.4. The molecule has 2 aromatic heterocycles. The van der Waals surface area contributed by atoms with E-state index >= 15 is 0 Å². The number of hydrazine groups is 1. The standard InChI is InChI=1S/C11H9BrFN5O/c12-6-3-7(10(18-14)16-4-6)11(19)17-9-1-2-15-5-8(9)13/h1-5H,14H2,(H,16,18)(H,15,17,19). The molecule has 98 valence electrons. The van der Waals surface area contributed by atoms with E-state index < -0.39 is 11.7 Å². The van der Waals surface area contributed by atoms with Crippen molar-refractivity contribution in [1.29, 1.82) is 0 Å². The largest absolute Gasteiger partial charge is 0.319 e. The number of nitrogens with one attached hydrogen (secondary N) is 2. The van der Waals surface area contributed by atoms with Crippen LogP contribution >= 0.6 is 15.9 Å². The zero-order valence-corrected chi connectivity index (χ0v) is 11.1. The lowest BCUT2D eigenvalue weighted by Crippen LogP contribution is -2.19. The van der Waals surface area contributed by atoms with Crippen LogP contribution in [-0.2, 0) is 0 Å². The minimum atomic E-state index is -0.624. The molecule has 2 rings (SSSR count). The summed E-state index contributed by atoms with van der Waals surface area (Å²) in [5.41, 5.74) is 2.52. The number of nitrogens with two attached hydrogens (primary N) is 1. The van der Waals surface area contributed by atoms with E-state index in [-0.39, 0.29) is 17.1 Å². The number of amides is 1. The molecular formula is C11H9BrFN5O. The number of nitrogens with zero attached hydrogens (tertiary/aromatic N) is 2. The predicted octanol–water partition coefficient (Wildman–Crippen LogP) is 1.92. The van der Waals surface area contributed by atoms with Gasteiger partial charge in [0.2, 0.25) is 0 Å². The van der Waals surface area contributed by atoms with E-state index in [1.54, 1.807) is 0 Å². The summed E-state index contributed by atoms with van der Waals surface area (Å²) >= 11 is 3.20. The maximum Gasteiger partial charge on any atom is 0.259 e. The lowest BCUT2D eigenvalue weighted by atomic mass is 10.2. The van der Waals surface area contributed by atoms with Gasteiger partial charge in [-0.2, -0.15) is 0 Å². The number of pyridine rings is 2. The van der Waals surface area contributed by atoms with Crippen LogP contribution in [0.15, 0.2) is 35.2 Å². The second-order valence-electron chi connectivity index (χ2n) is 3.50. The number of hydrogen-bond donors (Lipinski definition) is 3. The van der Waals surface area contributed by atoms with Gasteiger partial charge in [0.25, 0.3) is 5.91 Å². The van der Waals surface area contributed by atoms with E-state index in [1.807, 2.05) is 0 Å². The average molecular weight is 326 g/mol. The van der Waals surface area contributed by atoms with Crippen molar-refractivity contribution in [2.45, 2.75) is 0 Å². The van der Waals surface area contributed by atoms with Crippen LogP contribution in [0.2, 0.25) is 0 Å². The van der Waals surface area contributed by atoms with Gasteiger partial charge < -0.3 is 10.7 Å². The Hall–Kier alpha value is -2.06. The molecule has 0 aromatic carbocycles. The summed E-state index contributed by atoms with van der Waals surface area (Å²) in [5.74, 6) is 4.30. The normalized spacial score (nSPS) is 10.1. The van der Waals surface area contributed by atoms with Crippen LogP contribution in [0.25, 0.3) is 0 Å². The summed E-state index contributed by atoms with van der Waals surface area (Å²) in [7, 11) is 0. The predicted molar refractivity (Wildman–Crippen MR) is 71.9 cm³/mol. The van der Waals surface area contributed by atoms with Crippen LogP contribution in [0.5, 0.6) is 0 Å². The maximum atomic E-state index is 13.4. The van der Waals surface area contributed by atoms with E-state index in [0.717, 1.165) is 6.20 Å². The SMILES string of the molecule is NNc1ncc(Br)cc1C(=O)Nc1ccncc1F. The fraction of sp³-hybridized carbons (Fsp3) is 0. The molecule has 0 unspecified atom stereocenters. The van der Waals surface area contributed by atoms with E-state index in [2.05, 4.69) is 36.6 Å². The average Bonchev–Trinajstić information content (AvgIpc) is 2.41. The highest BCUT2D eigenvalue weighted by Gasteiger charge is 2.14. The van der Waals surface area contributed by atoms with Gasteiger partial charge in [0, 0.05) is 16.9 Å². The first-order valence-corrected chi connectivity index (χ1v) is 5.94. The molecule has 0 saturated carbocycles. The van der Waals surface area contributed by atoms with Gasteiger partial charge in [-0.1, -0.05) is 0 Å². The topological polar surface area (TPSA) is 92.9 Å². The molecule has 0 bridgehead atoms. The molecule has 1 amide bonds. The van der Waals surface area contributed by atoms with E-state index in [0.29, 0.717) is 4.47 Å². The first-order chi connectivity index (χ1) is 9.11. The molecule has 8 heteroatoms. The summed E-state index contributed by atoms with van der Waals surface area (Å²) in [6.07, 6.45) is 3.87. The number of carbonyl (C=O) groups excluding carboxylic acids is 1. The Morgan fingerprint density at radius 1 is 1.42 bits per heavy atom. The highest BCUT2D eigenvalue weighted by Crippen LogP contribution is 2.19. The Morgan fingerprint density at radius 2 is 2.21 bits per heavy atom. The molecular weight excluding hydrogens is 317 g/mol. The van der Waals surface area contributed by atoms with Gasteiger partial charge in [-0.3, -0.25) is 9.78 Å². The summed E-state index contributed by atoms with van der Waals surface area (Å²) in [5, 5.41) is 2.42. The summed E-state index contributed by atoms with van der Waals surface area (Å²) < 4.78 is 14.0. The molecule has 0 fully saturated rings. The van der Waals surface area contributed by atoms with Crippen LogP contribution in [0, 0.1) is 5.82 Å². The number of hydrogen-bond acceptors (Lipinski definition) is 5. The molecule has 0 atom stereocenters. The van der Waals surface area contributed by atoms with E-state index in [4.69, 9.17) is 5.84 Å². The molecule has 0 spiro atoms. The lowest BCUT2D eigenvalue weighted by molar-refractivity contribution is 0.102. The van der Waals surface area contributed by atoms with Crippen LogP contribution in [0.4, 0.5) is 15.9 Å². The molecule has 2 heterocycles. The summed E-state index contributed by atoms with van der Waals surface area (Å²) in [4.78, 5) is 19.6. The van der Waals surface area contributed by atoms with Crippen LogP contribution in [0.1, 0.15) is 10.4 Å². The fourth-order valence-electron chi connectivity index (χ4n) is 1.39. The quantitative estimate of drug-likeness (QED) is 0.592. The summed E-state index contributed by atoms with van der Waals surface area (Å²) in [6, 6.07) is 2.88. The van der Waals surface area contributed by atoms with Crippen molar-refractivity contribution in [1.82, 2.24) is 9.97 Å². The first-order valence-electron chi connectivity index (χ1n) is 5.15. The van der Waals surface area contributed by atoms with Gasteiger partial charge in [0.05, 0.1) is 17.4 Å². The van der Waals surface area contributed by atoms with E-state index in [1.165, 1.54) is 24.5 Å². The molecule has 0 aliphatic heterocycles. The molecule has 0 radical (unpaired) electrons. The van der Waals surface area contributed by atoms with Gasteiger partial charge in [-0.05, 0) is 28.1 Å². The zero-order valence-electron chi connectivity index (χ0n) is 9.52. The van der Waals surface area contributed by atoms with Crippen molar-refractivity contribution in [3.63, 3.8) is 0 Å². The van der Waals surface area contributed by atoms with Crippen molar-refractivity contribution in [2.75, 3.05) is 10.7 Å². The maximum absolute atomic E-state index is 13.4. The lowest BCUT2D eigenvalue weighted by Gasteiger charge is -2.09. The van der Waals surface area contributed by atoms with Crippen LogP contribution in [0.3, 0.4) is 0 Å². The second kappa shape index (κ2) is 5.72. The molecule has 19 heavy (non-hydrogen) atoms. The van der Waals surface area contributed by atoms with Crippen LogP contribution < -0.4 is 16.6 Å². The number of halogens is 2. The van der Waals surface area contributed by atoms with E-state index in [9.17, 15) is 9.18 Å². The van der Waals surface area contributed by atoms with Crippen molar-refractivity contribution in [3.05, 3.63) is 46.6 Å². The Kier molecular flexibility index (Phi) is 4.03. The Bertz CT molecular complexity index is 622. The van der Waals surface area contributed by atoms with Gasteiger partial charge >= 0.3 is 0 Å². The number of rotatable bonds is 3. The van der Waals surface area contributed by atoms with Crippen molar-refractivity contribution in [2.24, 2.45) is 5.84 Å². The molecule has 2 aromatic rings. The zero-order chi connectivity index (χ0) is 13.8.